The van der Waals surface area contributed by atoms with Crippen LogP contribution in [0.25, 0.3) is 0 Å². The van der Waals surface area contributed by atoms with Crippen molar-refractivity contribution in [2.24, 2.45) is 0 Å². The molecule has 2 aromatic carbocycles. The fourth-order valence-corrected chi connectivity index (χ4v) is 3.96. The van der Waals surface area contributed by atoms with Gasteiger partial charge in [0.15, 0.2) is 17.6 Å². The Morgan fingerprint density at radius 2 is 1.12 bits per heavy atom. The maximum Gasteiger partial charge on any atom is 0.308 e. The third kappa shape index (κ3) is 7.56. The zero-order valence-electron chi connectivity index (χ0n) is 22.5. The van der Waals surface area contributed by atoms with E-state index in [1.807, 2.05) is 0 Å². The molecule has 2 aromatic rings. The molecule has 0 bridgehead atoms. The molecule has 0 aromatic heterocycles. The monoisotopic (exact) mass is 558 g/mol. The van der Waals surface area contributed by atoms with Gasteiger partial charge in [-0.3, -0.25) is 28.8 Å². The number of hydrogen-bond donors (Lipinski definition) is 0. The zero-order chi connectivity index (χ0) is 29.7. The van der Waals surface area contributed by atoms with Crippen molar-refractivity contribution in [3.05, 3.63) is 35.4 Å². The lowest BCUT2D eigenvalue weighted by molar-refractivity contribution is -0.152. The van der Waals surface area contributed by atoms with Crippen LogP contribution in [-0.4, -0.2) is 41.9 Å². The van der Waals surface area contributed by atoms with Crippen molar-refractivity contribution < 1.29 is 61.9 Å². The van der Waals surface area contributed by atoms with Crippen LogP contribution in [0, 0.1) is 0 Å². The van der Waals surface area contributed by atoms with Gasteiger partial charge in [-0.05, 0) is 12.1 Å². The van der Waals surface area contributed by atoms with Crippen molar-refractivity contribution in [3.63, 3.8) is 0 Å². The molecule has 3 rings (SSSR count). The van der Waals surface area contributed by atoms with E-state index in [-0.39, 0.29) is 46.5 Å². The van der Waals surface area contributed by atoms with Crippen molar-refractivity contribution in [2.75, 3.05) is 0 Å². The number of ether oxygens (including phenoxy) is 7. The van der Waals surface area contributed by atoms with Crippen LogP contribution < -0.4 is 28.4 Å². The highest BCUT2D eigenvalue weighted by atomic mass is 16.6. The summed E-state index contributed by atoms with van der Waals surface area (Å²) in [6.45, 7) is 6.86. The standard InChI is InChI=1S/C27H26O13/c1-12(28)34-19-9-21(35-13(2)29)20-11-25(38-16(5)32)26(40-22(20)10-19)18-7-23(36-14(3)30)27(39-17(6)33)24(8-18)37-15(4)31/h7-10,25-26H,11H2,1-6H3. The van der Waals surface area contributed by atoms with Gasteiger partial charge < -0.3 is 33.2 Å². The van der Waals surface area contributed by atoms with Crippen molar-refractivity contribution in [1.29, 1.82) is 0 Å². The maximum absolute atomic E-state index is 12.0. The lowest BCUT2D eigenvalue weighted by Gasteiger charge is -2.34. The summed E-state index contributed by atoms with van der Waals surface area (Å²) in [7, 11) is 0. The van der Waals surface area contributed by atoms with Crippen LogP contribution >= 0.6 is 0 Å². The van der Waals surface area contributed by atoms with E-state index in [4.69, 9.17) is 33.2 Å². The van der Waals surface area contributed by atoms with E-state index in [0.29, 0.717) is 5.56 Å². The van der Waals surface area contributed by atoms with Crippen LogP contribution in [0.15, 0.2) is 24.3 Å². The molecule has 1 aliphatic heterocycles. The third-order valence-corrected chi connectivity index (χ3v) is 5.10. The minimum Gasteiger partial charge on any atom is -0.481 e. The zero-order valence-corrected chi connectivity index (χ0v) is 22.5. The van der Waals surface area contributed by atoms with Crippen molar-refractivity contribution in [1.82, 2.24) is 0 Å². The number of hydrogen-bond acceptors (Lipinski definition) is 13. The first kappa shape index (κ1) is 29.6. The van der Waals surface area contributed by atoms with Gasteiger partial charge in [0, 0.05) is 71.2 Å². The number of esters is 6. The summed E-state index contributed by atoms with van der Waals surface area (Å²) in [5.41, 5.74) is 0.526. The van der Waals surface area contributed by atoms with E-state index in [2.05, 4.69) is 0 Å². The van der Waals surface area contributed by atoms with Gasteiger partial charge in [0.1, 0.15) is 23.4 Å². The van der Waals surface area contributed by atoms with E-state index in [1.54, 1.807) is 0 Å². The summed E-state index contributed by atoms with van der Waals surface area (Å²) in [4.78, 5) is 70.8. The average molecular weight is 558 g/mol. The summed E-state index contributed by atoms with van der Waals surface area (Å²) in [5.74, 6) is -5.04. The van der Waals surface area contributed by atoms with Gasteiger partial charge in [-0.25, -0.2) is 0 Å². The van der Waals surface area contributed by atoms with Gasteiger partial charge in [-0.2, -0.15) is 0 Å². The van der Waals surface area contributed by atoms with Crippen LogP contribution in [0.4, 0.5) is 0 Å². The first-order valence-electron chi connectivity index (χ1n) is 11.8. The molecule has 2 unspecified atom stereocenters. The number of carbonyl (C=O) groups is 6. The Kier molecular flexibility index (Phi) is 9.09. The number of rotatable bonds is 7. The molecular formula is C27H26O13. The minimum absolute atomic E-state index is 0.0126. The molecule has 0 fully saturated rings. The lowest BCUT2D eigenvalue weighted by atomic mass is 9.93. The van der Waals surface area contributed by atoms with Gasteiger partial charge in [-0.1, -0.05) is 0 Å². The van der Waals surface area contributed by atoms with Crippen molar-refractivity contribution >= 4 is 35.8 Å². The fraction of sp³-hybridized carbons (Fsp3) is 0.333. The molecule has 0 amide bonds. The summed E-state index contributed by atoms with van der Waals surface area (Å²) in [6, 6.07) is 5.29. The first-order valence-corrected chi connectivity index (χ1v) is 11.8. The second kappa shape index (κ2) is 12.3. The van der Waals surface area contributed by atoms with Gasteiger partial charge in [0.25, 0.3) is 0 Å². The molecule has 0 N–H and O–H groups in total. The van der Waals surface area contributed by atoms with E-state index in [0.717, 1.165) is 20.8 Å². The fourth-order valence-electron chi connectivity index (χ4n) is 3.96. The van der Waals surface area contributed by atoms with Crippen LogP contribution in [0.5, 0.6) is 34.5 Å². The molecule has 0 saturated heterocycles. The predicted molar refractivity (Wildman–Crippen MR) is 132 cm³/mol. The molecule has 0 aliphatic carbocycles. The van der Waals surface area contributed by atoms with E-state index >= 15 is 0 Å². The summed E-state index contributed by atoms with van der Waals surface area (Å²) in [6.07, 6.45) is -2.18. The smallest absolute Gasteiger partial charge is 0.308 e. The van der Waals surface area contributed by atoms with E-state index in [1.165, 1.54) is 45.0 Å². The average Bonchev–Trinajstić information content (AvgIpc) is 2.79. The molecule has 13 heteroatoms. The molecule has 0 saturated carbocycles. The molecule has 1 aliphatic rings. The van der Waals surface area contributed by atoms with Gasteiger partial charge >= 0.3 is 35.8 Å². The van der Waals surface area contributed by atoms with E-state index < -0.39 is 48.0 Å². The largest absolute Gasteiger partial charge is 0.481 e. The van der Waals surface area contributed by atoms with Gasteiger partial charge in [0.05, 0.1) is 0 Å². The van der Waals surface area contributed by atoms with Crippen molar-refractivity contribution in [3.8, 4) is 34.5 Å². The number of benzene rings is 2. The Hall–Kier alpha value is -4.94. The molecular weight excluding hydrogens is 532 g/mol. The summed E-state index contributed by atoms with van der Waals surface area (Å²) in [5, 5.41) is 0. The Labute approximate surface area is 228 Å². The van der Waals surface area contributed by atoms with Crippen molar-refractivity contribution in [2.45, 2.75) is 60.2 Å². The Balaban J connectivity index is 2.23. The second-order valence-electron chi connectivity index (χ2n) is 8.60. The minimum atomic E-state index is -1.12. The molecule has 0 spiro atoms. The summed E-state index contributed by atoms with van der Waals surface area (Å²) >= 11 is 0. The molecule has 2 atom stereocenters. The maximum atomic E-state index is 12.0. The molecule has 40 heavy (non-hydrogen) atoms. The van der Waals surface area contributed by atoms with Crippen LogP contribution in [-0.2, 0) is 39.9 Å². The SMILES string of the molecule is CC(=O)Oc1cc(OC(C)=O)c2c(c1)OC(c1cc(OC(C)=O)c(OC(C)=O)c(OC(C)=O)c1)C(OC(C)=O)C2. The van der Waals surface area contributed by atoms with Gasteiger partial charge in [0.2, 0.25) is 5.75 Å². The quantitative estimate of drug-likeness (QED) is 0.360. The normalized spacial score (nSPS) is 15.4. The first-order chi connectivity index (χ1) is 18.7. The molecule has 13 nitrogen and oxygen atoms in total. The molecule has 212 valence electrons. The Morgan fingerprint density at radius 3 is 1.60 bits per heavy atom. The van der Waals surface area contributed by atoms with Crippen LogP contribution in [0.1, 0.15) is 58.8 Å². The van der Waals surface area contributed by atoms with Gasteiger partial charge in [-0.15, -0.1) is 0 Å². The lowest BCUT2D eigenvalue weighted by Crippen LogP contribution is -2.34. The Bertz CT molecular complexity index is 1350. The van der Waals surface area contributed by atoms with E-state index in [9.17, 15) is 28.8 Å². The topological polar surface area (TPSA) is 167 Å². The van der Waals surface area contributed by atoms with Crippen LogP contribution in [0.3, 0.4) is 0 Å². The second-order valence-corrected chi connectivity index (χ2v) is 8.60. The number of carbonyl (C=O) groups excluding carboxylic acids is 6. The van der Waals surface area contributed by atoms with Crippen LogP contribution in [0.2, 0.25) is 0 Å². The third-order valence-electron chi connectivity index (χ3n) is 5.10. The molecule has 1 heterocycles. The highest BCUT2D eigenvalue weighted by Crippen LogP contribution is 2.47. The number of fused-ring (bicyclic) bond motifs is 1. The highest BCUT2D eigenvalue weighted by Gasteiger charge is 2.38. The highest BCUT2D eigenvalue weighted by molar-refractivity contribution is 5.78. The molecule has 0 radical (unpaired) electrons. The predicted octanol–water partition coefficient (Wildman–Crippen LogP) is 2.92. The summed E-state index contributed by atoms with van der Waals surface area (Å²) < 4.78 is 37.7. The Morgan fingerprint density at radius 1 is 0.625 bits per heavy atom.